The van der Waals surface area contributed by atoms with Crippen molar-refractivity contribution in [2.75, 3.05) is 0 Å². The first-order chi connectivity index (χ1) is 7.71. The first-order valence-corrected chi connectivity index (χ1v) is 6.97. The van der Waals surface area contributed by atoms with E-state index in [4.69, 9.17) is 0 Å². The minimum absolute atomic E-state index is 0.185. The number of aliphatic hydroxyl groups is 1. The molecule has 3 aliphatic rings. The van der Waals surface area contributed by atoms with Gasteiger partial charge in [0.15, 0.2) is 0 Å². The number of hydrogen-bond donors (Lipinski definition) is 1. The molecular weight excluding hydrogens is 212 g/mol. The first-order valence-electron chi connectivity index (χ1n) is 6.97. The van der Waals surface area contributed by atoms with Crippen LogP contribution in [0.15, 0.2) is 0 Å². The zero-order valence-corrected chi connectivity index (χ0v) is 11.4. The fourth-order valence-corrected chi connectivity index (χ4v) is 5.20. The van der Waals surface area contributed by atoms with Gasteiger partial charge in [0.25, 0.3) is 0 Å². The van der Waals surface area contributed by atoms with Crippen molar-refractivity contribution >= 4 is 5.78 Å². The van der Waals surface area contributed by atoms with E-state index in [1.54, 1.807) is 0 Å². The Morgan fingerprint density at radius 2 is 1.82 bits per heavy atom. The molecule has 0 aromatic heterocycles. The number of carbonyl (C=O) groups excluding carboxylic acids is 1. The van der Waals surface area contributed by atoms with E-state index in [2.05, 4.69) is 20.8 Å². The summed E-state index contributed by atoms with van der Waals surface area (Å²) in [4.78, 5) is 12.3. The molecule has 17 heavy (non-hydrogen) atoms. The van der Waals surface area contributed by atoms with E-state index < -0.39 is 5.60 Å². The molecule has 2 nitrogen and oxygen atoms in total. The summed E-state index contributed by atoms with van der Waals surface area (Å²) < 4.78 is 0. The average Bonchev–Trinajstić information content (AvgIpc) is 2.75. The zero-order chi connectivity index (χ0) is 12.6. The monoisotopic (exact) mass is 236 g/mol. The molecule has 3 saturated carbocycles. The second-order valence-electron chi connectivity index (χ2n) is 7.67. The highest BCUT2D eigenvalue weighted by atomic mass is 16.3. The van der Waals surface area contributed by atoms with Gasteiger partial charge in [-0.25, -0.2) is 0 Å². The van der Waals surface area contributed by atoms with Crippen LogP contribution in [0.2, 0.25) is 0 Å². The van der Waals surface area contributed by atoms with Crippen molar-refractivity contribution in [2.45, 2.75) is 59.0 Å². The number of hydrogen-bond acceptors (Lipinski definition) is 2. The molecule has 0 saturated heterocycles. The summed E-state index contributed by atoms with van der Waals surface area (Å²) in [7, 11) is 0. The standard InChI is InChI=1S/C15H24O2/c1-13(2)9-5-7-14(3)10(16)6-8-15(4,17)12(14)11(9)13/h9,11-12,17H,5-8H2,1-4H3/t9?,11?,12?,14-,15+/m1/s1. The molecule has 0 bridgehead atoms. The summed E-state index contributed by atoms with van der Waals surface area (Å²) in [6, 6.07) is 0. The Morgan fingerprint density at radius 1 is 1.18 bits per heavy atom. The van der Waals surface area contributed by atoms with Gasteiger partial charge in [0, 0.05) is 17.8 Å². The minimum atomic E-state index is -0.639. The van der Waals surface area contributed by atoms with E-state index >= 15 is 0 Å². The SMILES string of the molecule is CC1(C)C2CC[C@]3(C)C(=O)CC[C@](C)(O)C3C21. The van der Waals surface area contributed by atoms with E-state index in [1.807, 2.05) is 6.92 Å². The van der Waals surface area contributed by atoms with E-state index in [-0.39, 0.29) is 11.3 Å². The van der Waals surface area contributed by atoms with Crippen molar-refractivity contribution in [3.8, 4) is 0 Å². The second kappa shape index (κ2) is 2.96. The predicted molar refractivity (Wildman–Crippen MR) is 66.5 cm³/mol. The molecule has 0 aliphatic heterocycles. The van der Waals surface area contributed by atoms with Crippen molar-refractivity contribution in [3.63, 3.8) is 0 Å². The molecule has 0 heterocycles. The summed E-state index contributed by atoms with van der Waals surface area (Å²) in [5.41, 5.74) is -0.555. The summed E-state index contributed by atoms with van der Waals surface area (Å²) in [6.45, 7) is 8.68. The van der Waals surface area contributed by atoms with Gasteiger partial charge in [-0.2, -0.15) is 0 Å². The predicted octanol–water partition coefficient (Wildman–Crippen LogP) is 2.79. The molecule has 2 heteroatoms. The maximum Gasteiger partial charge on any atom is 0.139 e. The van der Waals surface area contributed by atoms with Crippen LogP contribution in [-0.4, -0.2) is 16.5 Å². The Kier molecular flexibility index (Phi) is 2.04. The van der Waals surface area contributed by atoms with Crippen LogP contribution in [0.1, 0.15) is 53.4 Å². The highest BCUT2D eigenvalue weighted by Gasteiger charge is 2.71. The molecule has 5 atom stereocenters. The van der Waals surface area contributed by atoms with Crippen LogP contribution in [0.4, 0.5) is 0 Å². The molecule has 3 fully saturated rings. The van der Waals surface area contributed by atoms with Gasteiger partial charge in [-0.3, -0.25) is 4.79 Å². The van der Waals surface area contributed by atoms with E-state index in [0.717, 1.165) is 12.3 Å². The lowest BCUT2D eigenvalue weighted by Crippen LogP contribution is -2.55. The Bertz CT molecular complexity index is 382. The molecule has 3 aliphatic carbocycles. The molecule has 1 N–H and O–H groups in total. The molecule has 3 unspecified atom stereocenters. The Hall–Kier alpha value is -0.370. The number of fused-ring (bicyclic) bond motifs is 3. The third-order valence-electron chi connectivity index (χ3n) is 6.32. The van der Waals surface area contributed by atoms with Crippen LogP contribution in [0.25, 0.3) is 0 Å². The maximum atomic E-state index is 12.3. The number of ketones is 1. The third kappa shape index (κ3) is 1.28. The Morgan fingerprint density at radius 3 is 2.47 bits per heavy atom. The van der Waals surface area contributed by atoms with Crippen LogP contribution in [0, 0.1) is 28.6 Å². The van der Waals surface area contributed by atoms with Crippen LogP contribution in [-0.2, 0) is 4.79 Å². The lowest BCUT2D eigenvalue weighted by atomic mass is 9.54. The lowest BCUT2D eigenvalue weighted by molar-refractivity contribution is -0.160. The average molecular weight is 236 g/mol. The van der Waals surface area contributed by atoms with E-state index in [9.17, 15) is 9.90 Å². The third-order valence-corrected chi connectivity index (χ3v) is 6.32. The van der Waals surface area contributed by atoms with Gasteiger partial charge in [0.05, 0.1) is 5.60 Å². The zero-order valence-electron chi connectivity index (χ0n) is 11.4. The number of Topliss-reactive ketones (excluding diaryl/α,β-unsaturated/α-hetero) is 1. The van der Waals surface area contributed by atoms with Gasteiger partial charge in [0.1, 0.15) is 5.78 Å². The molecule has 0 spiro atoms. The quantitative estimate of drug-likeness (QED) is 0.702. The molecular formula is C15H24O2. The van der Waals surface area contributed by atoms with E-state index in [0.29, 0.717) is 30.0 Å². The van der Waals surface area contributed by atoms with Crippen molar-refractivity contribution < 1.29 is 9.90 Å². The van der Waals surface area contributed by atoms with Crippen LogP contribution in [0.3, 0.4) is 0 Å². The Labute approximate surface area is 104 Å². The highest BCUT2D eigenvalue weighted by Crippen LogP contribution is 2.73. The number of rotatable bonds is 0. The van der Waals surface area contributed by atoms with Crippen LogP contribution >= 0.6 is 0 Å². The molecule has 0 aromatic rings. The fourth-order valence-electron chi connectivity index (χ4n) is 5.20. The fraction of sp³-hybridized carbons (Fsp3) is 0.933. The van der Waals surface area contributed by atoms with Crippen molar-refractivity contribution in [2.24, 2.45) is 28.6 Å². The summed E-state index contributed by atoms with van der Waals surface area (Å²) in [5, 5.41) is 10.7. The molecule has 3 rings (SSSR count). The van der Waals surface area contributed by atoms with Crippen molar-refractivity contribution in [3.05, 3.63) is 0 Å². The van der Waals surface area contributed by atoms with E-state index in [1.165, 1.54) is 6.42 Å². The summed E-state index contributed by atoms with van der Waals surface area (Å²) in [6.07, 6.45) is 3.38. The molecule has 0 aromatic carbocycles. The molecule has 0 amide bonds. The molecule has 96 valence electrons. The van der Waals surface area contributed by atoms with Gasteiger partial charge in [0.2, 0.25) is 0 Å². The van der Waals surface area contributed by atoms with Gasteiger partial charge >= 0.3 is 0 Å². The number of carbonyl (C=O) groups is 1. The van der Waals surface area contributed by atoms with Crippen LogP contribution < -0.4 is 0 Å². The largest absolute Gasteiger partial charge is 0.390 e. The van der Waals surface area contributed by atoms with Crippen LogP contribution in [0.5, 0.6) is 0 Å². The maximum absolute atomic E-state index is 12.3. The smallest absolute Gasteiger partial charge is 0.139 e. The topological polar surface area (TPSA) is 37.3 Å². The second-order valence-corrected chi connectivity index (χ2v) is 7.67. The van der Waals surface area contributed by atoms with Gasteiger partial charge in [-0.1, -0.05) is 20.8 Å². The first kappa shape index (κ1) is 11.7. The van der Waals surface area contributed by atoms with Gasteiger partial charge < -0.3 is 5.11 Å². The van der Waals surface area contributed by atoms with Gasteiger partial charge in [-0.15, -0.1) is 0 Å². The minimum Gasteiger partial charge on any atom is -0.390 e. The molecule has 0 radical (unpaired) electrons. The highest BCUT2D eigenvalue weighted by molar-refractivity contribution is 5.86. The summed E-state index contributed by atoms with van der Waals surface area (Å²) >= 11 is 0. The van der Waals surface area contributed by atoms with Gasteiger partial charge in [-0.05, 0) is 43.4 Å². The Balaban J connectivity index is 2.04. The lowest BCUT2D eigenvalue weighted by Gasteiger charge is -2.51. The van der Waals surface area contributed by atoms with Crippen molar-refractivity contribution in [1.82, 2.24) is 0 Å². The summed E-state index contributed by atoms with van der Waals surface area (Å²) in [5.74, 6) is 1.87. The normalized spacial score (nSPS) is 56.1. The van der Waals surface area contributed by atoms with Crippen molar-refractivity contribution in [1.29, 1.82) is 0 Å².